The van der Waals surface area contributed by atoms with Gasteiger partial charge in [-0.05, 0) is 52.9 Å². The number of carbonyl (C=O) groups is 1. The van der Waals surface area contributed by atoms with Crippen LogP contribution >= 0.6 is 27.5 Å². The number of hydrogen-bond donors (Lipinski definition) is 1. The van der Waals surface area contributed by atoms with E-state index in [0.29, 0.717) is 27.7 Å². The molecule has 0 bridgehead atoms. The first-order valence-corrected chi connectivity index (χ1v) is 10.2. The number of carbonyl (C=O) groups excluding carboxylic acids is 1. The highest BCUT2D eigenvalue weighted by atomic mass is 79.9. The SMILES string of the molecule is O=C(c1ccccc1)c1cc(Cl)ccc1NC=Cc1nnnn1-c1ccc(Br)cc1. The zero-order valence-corrected chi connectivity index (χ0v) is 17.9. The van der Waals surface area contributed by atoms with Crippen molar-refractivity contribution in [2.75, 3.05) is 5.32 Å². The number of benzene rings is 3. The minimum atomic E-state index is -0.117. The van der Waals surface area contributed by atoms with Gasteiger partial charge in [0.05, 0.1) is 5.69 Å². The number of ketones is 1. The van der Waals surface area contributed by atoms with Gasteiger partial charge in [0.2, 0.25) is 0 Å². The highest BCUT2D eigenvalue weighted by Crippen LogP contribution is 2.24. The third kappa shape index (κ3) is 4.48. The molecule has 30 heavy (non-hydrogen) atoms. The molecule has 0 fully saturated rings. The lowest BCUT2D eigenvalue weighted by atomic mass is 10.0. The van der Waals surface area contributed by atoms with Crippen LogP contribution in [0.25, 0.3) is 11.8 Å². The minimum Gasteiger partial charge on any atom is -0.361 e. The van der Waals surface area contributed by atoms with Gasteiger partial charge in [0.15, 0.2) is 11.6 Å². The molecule has 0 unspecified atom stereocenters. The standard InChI is InChI=1S/C22H15BrClN5O/c23-16-6-9-18(10-7-16)29-21(26-27-28-29)12-13-25-20-11-8-17(24)14-19(20)22(30)15-4-2-1-3-5-15/h1-14,25H. The zero-order valence-electron chi connectivity index (χ0n) is 15.5. The molecule has 3 aromatic carbocycles. The molecule has 0 radical (unpaired) electrons. The number of halogens is 2. The summed E-state index contributed by atoms with van der Waals surface area (Å²) in [7, 11) is 0. The number of nitrogens with one attached hydrogen (secondary N) is 1. The van der Waals surface area contributed by atoms with Crippen molar-refractivity contribution in [3.63, 3.8) is 0 Å². The van der Waals surface area contributed by atoms with E-state index in [1.807, 2.05) is 42.5 Å². The lowest BCUT2D eigenvalue weighted by molar-refractivity contribution is 0.103. The number of aromatic nitrogens is 4. The number of nitrogens with zero attached hydrogens (tertiary/aromatic N) is 4. The number of anilines is 1. The fraction of sp³-hybridized carbons (Fsp3) is 0. The zero-order chi connectivity index (χ0) is 20.9. The summed E-state index contributed by atoms with van der Waals surface area (Å²) >= 11 is 9.55. The Morgan fingerprint density at radius 2 is 1.80 bits per heavy atom. The van der Waals surface area contributed by atoms with Crippen LogP contribution < -0.4 is 5.32 Å². The van der Waals surface area contributed by atoms with Crippen LogP contribution in [-0.4, -0.2) is 26.0 Å². The smallest absolute Gasteiger partial charge is 0.195 e. The summed E-state index contributed by atoms with van der Waals surface area (Å²) in [6, 6.07) is 21.8. The topological polar surface area (TPSA) is 72.7 Å². The molecule has 1 heterocycles. The molecule has 0 saturated heterocycles. The van der Waals surface area contributed by atoms with Gasteiger partial charge < -0.3 is 5.32 Å². The average molecular weight is 481 g/mol. The van der Waals surface area contributed by atoms with Gasteiger partial charge in [-0.25, -0.2) is 0 Å². The lowest BCUT2D eigenvalue weighted by Crippen LogP contribution is -2.05. The van der Waals surface area contributed by atoms with E-state index in [2.05, 4.69) is 36.8 Å². The summed E-state index contributed by atoms with van der Waals surface area (Å²) in [6.45, 7) is 0. The Labute approximate surface area is 186 Å². The van der Waals surface area contributed by atoms with E-state index in [0.717, 1.165) is 10.2 Å². The van der Waals surface area contributed by atoms with Crippen molar-refractivity contribution in [1.29, 1.82) is 0 Å². The molecule has 148 valence electrons. The van der Waals surface area contributed by atoms with Crippen LogP contribution in [0.15, 0.2) is 83.5 Å². The van der Waals surface area contributed by atoms with Gasteiger partial charge in [-0.15, -0.1) is 5.10 Å². The molecule has 8 heteroatoms. The summed E-state index contributed by atoms with van der Waals surface area (Å²) in [5.74, 6) is 0.420. The monoisotopic (exact) mass is 479 g/mol. The van der Waals surface area contributed by atoms with Crippen LogP contribution in [0.4, 0.5) is 5.69 Å². The number of rotatable bonds is 6. The lowest BCUT2D eigenvalue weighted by Gasteiger charge is -2.09. The van der Waals surface area contributed by atoms with Crippen molar-refractivity contribution in [2.24, 2.45) is 0 Å². The van der Waals surface area contributed by atoms with Crippen molar-refractivity contribution in [3.05, 3.63) is 105 Å². The van der Waals surface area contributed by atoms with Gasteiger partial charge in [-0.2, -0.15) is 4.68 Å². The van der Waals surface area contributed by atoms with E-state index < -0.39 is 0 Å². The molecular weight excluding hydrogens is 466 g/mol. The molecule has 0 aliphatic carbocycles. The first-order chi connectivity index (χ1) is 14.6. The molecule has 0 aliphatic rings. The quantitative estimate of drug-likeness (QED) is 0.375. The second-order valence-electron chi connectivity index (χ2n) is 6.29. The Morgan fingerprint density at radius 1 is 1.03 bits per heavy atom. The highest BCUT2D eigenvalue weighted by Gasteiger charge is 2.14. The third-order valence-electron chi connectivity index (χ3n) is 4.30. The molecular formula is C22H15BrClN5O. The van der Waals surface area contributed by atoms with Crippen LogP contribution in [0, 0.1) is 0 Å². The molecule has 1 aromatic heterocycles. The molecule has 0 amide bonds. The minimum absolute atomic E-state index is 0.117. The Hall–Kier alpha value is -3.29. The van der Waals surface area contributed by atoms with Crippen LogP contribution in [-0.2, 0) is 0 Å². The predicted octanol–water partition coefficient (Wildman–Crippen LogP) is 5.39. The van der Waals surface area contributed by atoms with E-state index in [-0.39, 0.29) is 5.78 Å². The van der Waals surface area contributed by atoms with E-state index in [1.165, 1.54) is 0 Å². The Balaban J connectivity index is 1.58. The molecule has 0 aliphatic heterocycles. The molecule has 1 N–H and O–H groups in total. The number of hydrogen-bond acceptors (Lipinski definition) is 5. The van der Waals surface area contributed by atoms with Gasteiger partial charge >= 0.3 is 0 Å². The second kappa shape index (κ2) is 9.02. The van der Waals surface area contributed by atoms with Crippen LogP contribution in [0.3, 0.4) is 0 Å². The Morgan fingerprint density at radius 3 is 2.57 bits per heavy atom. The van der Waals surface area contributed by atoms with Crippen LogP contribution in [0.1, 0.15) is 21.7 Å². The van der Waals surface area contributed by atoms with E-state index in [4.69, 9.17) is 11.6 Å². The summed E-state index contributed by atoms with van der Waals surface area (Å²) in [5, 5.41) is 15.4. The average Bonchev–Trinajstić information content (AvgIpc) is 3.24. The molecule has 0 saturated carbocycles. The van der Waals surface area contributed by atoms with E-state index in [1.54, 1.807) is 47.3 Å². The number of tetrazole rings is 1. The van der Waals surface area contributed by atoms with Crippen molar-refractivity contribution < 1.29 is 4.79 Å². The van der Waals surface area contributed by atoms with Gasteiger partial charge in [0.25, 0.3) is 0 Å². The Bertz CT molecular complexity index is 1210. The van der Waals surface area contributed by atoms with Gasteiger partial charge in [-0.1, -0.05) is 57.9 Å². The molecule has 0 atom stereocenters. The largest absolute Gasteiger partial charge is 0.361 e. The normalized spacial score (nSPS) is 11.0. The highest BCUT2D eigenvalue weighted by molar-refractivity contribution is 9.10. The summed E-state index contributed by atoms with van der Waals surface area (Å²) in [6.07, 6.45) is 3.42. The van der Waals surface area contributed by atoms with Crippen molar-refractivity contribution >= 4 is 45.1 Å². The molecule has 6 nitrogen and oxygen atoms in total. The van der Waals surface area contributed by atoms with E-state index >= 15 is 0 Å². The third-order valence-corrected chi connectivity index (χ3v) is 5.06. The Kier molecular flexibility index (Phi) is 6.02. The fourth-order valence-corrected chi connectivity index (χ4v) is 3.28. The van der Waals surface area contributed by atoms with Crippen molar-refractivity contribution in [3.8, 4) is 5.69 Å². The van der Waals surface area contributed by atoms with Gasteiger partial charge in [-0.3, -0.25) is 4.79 Å². The second-order valence-corrected chi connectivity index (χ2v) is 7.64. The first kappa shape index (κ1) is 20.0. The molecule has 0 spiro atoms. The van der Waals surface area contributed by atoms with Crippen molar-refractivity contribution in [2.45, 2.75) is 0 Å². The van der Waals surface area contributed by atoms with Crippen LogP contribution in [0.5, 0.6) is 0 Å². The molecule has 4 rings (SSSR count). The van der Waals surface area contributed by atoms with Crippen molar-refractivity contribution in [1.82, 2.24) is 20.2 Å². The maximum atomic E-state index is 12.9. The molecule has 4 aromatic rings. The van der Waals surface area contributed by atoms with Crippen LogP contribution in [0.2, 0.25) is 5.02 Å². The fourth-order valence-electron chi connectivity index (χ4n) is 2.85. The van der Waals surface area contributed by atoms with Gasteiger partial charge in [0.1, 0.15) is 0 Å². The predicted molar refractivity (Wildman–Crippen MR) is 121 cm³/mol. The first-order valence-electron chi connectivity index (χ1n) is 8.98. The maximum Gasteiger partial charge on any atom is 0.195 e. The summed E-state index contributed by atoms with van der Waals surface area (Å²) < 4.78 is 2.58. The summed E-state index contributed by atoms with van der Waals surface area (Å²) in [5.41, 5.74) is 2.53. The maximum absolute atomic E-state index is 12.9. The van der Waals surface area contributed by atoms with Gasteiger partial charge in [0, 0.05) is 38.6 Å². The summed E-state index contributed by atoms with van der Waals surface area (Å²) in [4.78, 5) is 12.9. The van der Waals surface area contributed by atoms with E-state index in [9.17, 15) is 4.79 Å².